The van der Waals surface area contributed by atoms with Crippen LogP contribution in [0.1, 0.15) is 32.1 Å². The smallest absolute Gasteiger partial charge is 0.306 e. The molecule has 0 radical (unpaired) electrons. The summed E-state index contributed by atoms with van der Waals surface area (Å²) in [5.74, 6) is -1.68. The van der Waals surface area contributed by atoms with Crippen molar-refractivity contribution in [3.8, 4) is 0 Å². The van der Waals surface area contributed by atoms with Crippen molar-refractivity contribution in [2.24, 2.45) is 11.8 Å². The molecule has 1 amide bonds. The van der Waals surface area contributed by atoms with Crippen LogP contribution in [0.5, 0.6) is 0 Å². The Hall–Kier alpha value is -1.15. The SMILES string of the molecule is CS(=O)(=O)N1CCCC(C(=O)NC2CCC(C(=O)O)C2)C1. The second-order valence-electron chi connectivity index (χ2n) is 6.01. The highest BCUT2D eigenvalue weighted by atomic mass is 32.2. The van der Waals surface area contributed by atoms with E-state index in [0.29, 0.717) is 38.6 Å². The van der Waals surface area contributed by atoms with E-state index in [2.05, 4.69) is 5.32 Å². The topological polar surface area (TPSA) is 104 Å². The quantitative estimate of drug-likeness (QED) is 0.761. The lowest BCUT2D eigenvalue weighted by atomic mass is 9.98. The van der Waals surface area contributed by atoms with Crippen molar-refractivity contribution in [1.29, 1.82) is 0 Å². The standard InChI is InChI=1S/C13H22N2O5S/c1-21(19,20)15-6-2-3-10(8-15)12(16)14-11-5-4-9(7-11)13(17)18/h9-11H,2-8H2,1H3,(H,14,16)(H,17,18). The van der Waals surface area contributed by atoms with E-state index in [1.165, 1.54) is 4.31 Å². The number of hydrogen-bond donors (Lipinski definition) is 2. The minimum absolute atomic E-state index is 0.104. The maximum Gasteiger partial charge on any atom is 0.306 e. The zero-order valence-electron chi connectivity index (χ0n) is 12.1. The largest absolute Gasteiger partial charge is 0.481 e. The molecule has 3 atom stereocenters. The average Bonchev–Trinajstić information content (AvgIpc) is 2.86. The van der Waals surface area contributed by atoms with Gasteiger partial charge < -0.3 is 10.4 Å². The molecular formula is C13H22N2O5S. The first kappa shape index (κ1) is 16.2. The van der Waals surface area contributed by atoms with Crippen molar-refractivity contribution in [3.05, 3.63) is 0 Å². The zero-order valence-corrected chi connectivity index (χ0v) is 12.9. The summed E-state index contributed by atoms with van der Waals surface area (Å²) in [5.41, 5.74) is 0. The monoisotopic (exact) mass is 318 g/mol. The molecule has 0 spiro atoms. The predicted molar refractivity (Wildman–Crippen MR) is 76.0 cm³/mol. The summed E-state index contributed by atoms with van der Waals surface area (Å²) in [6, 6.07) is -0.104. The third-order valence-electron chi connectivity index (χ3n) is 4.35. The van der Waals surface area contributed by atoms with Crippen LogP contribution in [0.3, 0.4) is 0 Å². The summed E-state index contributed by atoms with van der Waals surface area (Å²) in [4.78, 5) is 23.1. The van der Waals surface area contributed by atoms with Crippen molar-refractivity contribution in [3.63, 3.8) is 0 Å². The van der Waals surface area contributed by atoms with Gasteiger partial charge in [-0.3, -0.25) is 9.59 Å². The molecule has 0 aromatic carbocycles. The van der Waals surface area contributed by atoms with Crippen LogP contribution < -0.4 is 5.32 Å². The Morgan fingerprint density at radius 3 is 2.48 bits per heavy atom. The molecule has 0 aromatic rings. The number of rotatable bonds is 4. The molecule has 1 saturated carbocycles. The van der Waals surface area contributed by atoms with Gasteiger partial charge in [0.25, 0.3) is 0 Å². The molecule has 1 aliphatic heterocycles. The molecule has 3 unspecified atom stereocenters. The highest BCUT2D eigenvalue weighted by molar-refractivity contribution is 7.88. The number of amides is 1. The van der Waals surface area contributed by atoms with E-state index >= 15 is 0 Å². The van der Waals surface area contributed by atoms with Crippen molar-refractivity contribution < 1.29 is 23.1 Å². The first-order valence-corrected chi connectivity index (χ1v) is 9.10. The second kappa shape index (κ2) is 6.31. The van der Waals surface area contributed by atoms with Gasteiger partial charge >= 0.3 is 5.97 Å². The van der Waals surface area contributed by atoms with Gasteiger partial charge in [0.2, 0.25) is 15.9 Å². The Kier molecular flexibility index (Phi) is 4.88. The number of carboxylic acid groups (broad SMARTS) is 1. The van der Waals surface area contributed by atoms with Gasteiger partial charge in [-0.1, -0.05) is 0 Å². The van der Waals surface area contributed by atoms with E-state index in [4.69, 9.17) is 5.11 Å². The summed E-state index contributed by atoms with van der Waals surface area (Å²) < 4.78 is 24.4. The number of sulfonamides is 1. The van der Waals surface area contributed by atoms with Crippen LogP contribution in [0.15, 0.2) is 0 Å². The molecule has 0 bridgehead atoms. The molecule has 2 fully saturated rings. The zero-order chi connectivity index (χ0) is 15.6. The maximum atomic E-state index is 12.2. The molecule has 7 nitrogen and oxygen atoms in total. The Labute approximate surface area is 124 Å². The lowest BCUT2D eigenvalue weighted by molar-refractivity contribution is -0.141. The maximum absolute atomic E-state index is 12.2. The van der Waals surface area contributed by atoms with Crippen LogP contribution in [0.4, 0.5) is 0 Å². The number of nitrogens with one attached hydrogen (secondary N) is 1. The van der Waals surface area contributed by atoms with Gasteiger partial charge in [0.15, 0.2) is 0 Å². The molecule has 2 rings (SSSR count). The summed E-state index contributed by atoms with van der Waals surface area (Å²) in [5, 5.41) is 11.8. The van der Waals surface area contributed by atoms with Gasteiger partial charge in [0, 0.05) is 19.1 Å². The molecule has 1 saturated heterocycles. The fraction of sp³-hybridized carbons (Fsp3) is 0.846. The van der Waals surface area contributed by atoms with Gasteiger partial charge in [-0.25, -0.2) is 12.7 Å². The molecule has 8 heteroatoms. The van der Waals surface area contributed by atoms with E-state index in [1.807, 2.05) is 0 Å². The Morgan fingerprint density at radius 2 is 1.90 bits per heavy atom. The van der Waals surface area contributed by atoms with E-state index in [9.17, 15) is 18.0 Å². The minimum Gasteiger partial charge on any atom is -0.481 e. The number of carboxylic acids is 1. The highest BCUT2D eigenvalue weighted by Gasteiger charge is 2.34. The van der Waals surface area contributed by atoms with Crippen molar-refractivity contribution in [2.75, 3.05) is 19.3 Å². The summed E-state index contributed by atoms with van der Waals surface area (Å²) in [6.45, 7) is 0.687. The number of hydrogen-bond acceptors (Lipinski definition) is 4. The molecule has 2 N–H and O–H groups in total. The van der Waals surface area contributed by atoms with Gasteiger partial charge in [-0.05, 0) is 32.1 Å². The number of aliphatic carboxylic acids is 1. The van der Waals surface area contributed by atoms with Gasteiger partial charge in [0.1, 0.15) is 0 Å². The highest BCUT2D eigenvalue weighted by Crippen LogP contribution is 2.26. The van der Waals surface area contributed by atoms with Gasteiger partial charge in [-0.15, -0.1) is 0 Å². The summed E-state index contributed by atoms with van der Waals surface area (Å²) in [7, 11) is -3.26. The first-order valence-electron chi connectivity index (χ1n) is 7.25. The summed E-state index contributed by atoms with van der Waals surface area (Å²) >= 11 is 0. The second-order valence-corrected chi connectivity index (χ2v) is 8.00. The average molecular weight is 318 g/mol. The first-order chi connectivity index (χ1) is 9.77. The Bertz CT molecular complexity index is 519. The number of carbonyl (C=O) groups excluding carboxylic acids is 1. The van der Waals surface area contributed by atoms with Crippen LogP contribution >= 0.6 is 0 Å². The van der Waals surface area contributed by atoms with Crippen molar-refractivity contribution in [2.45, 2.75) is 38.1 Å². The number of nitrogens with zero attached hydrogens (tertiary/aromatic N) is 1. The molecule has 1 aliphatic carbocycles. The Morgan fingerprint density at radius 1 is 1.19 bits per heavy atom. The van der Waals surface area contributed by atoms with Crippen LogP contribution in [-0.2, 0) is 19.6 Å². The van der Waals surface area contributed by atoms with E-state index in [-0.39, 0.29) is 30.3 Å². The molecule has 120 valence electrons. The number of carbonyl (C=O) groups is 2. The fourth-order valence-electron chi connectivity index (χ4n) is 3.11. The third kappa shape index (κ3) is 4.16. The number of piperidine rings is 1. The lowest BCUT2D eigenvalue weighted by Gasteiger charge is -2.30. The van der Waals surface area contributed by atoms with Crippen molar-refractivity contribution >= 4 is 21.9 Å². The van der Waals surface area contributed by atoms with E-state index in [1.54, 1.807) is 0 Å². The fourth-order valence-corrected chi connectivity index (χ4v) is 4.03. The van der Waals surface area contributed by atoms with Crippen LogP contribution in [0.2, 0.25) is 0 Å². The van der Waals surface area contributed by atoms with E-state index in [0.717, 1.165) is 6.26 Å². The normalized spacial score (nSPS) is 31.0. The molecule has 21 heavy (non-hydrogen) atoms. The van der Waals surface area contributed by atoms with Gasteiger partial charge in [0.05, 0.1) is 18.1 Å². The minimum atomic E-state index is -3.26. The van der Waals surface area contributed by atoms with E-state index < -0.39 is 16.0 Å². The predicted octanol–water partition coefficient (Wildman–Crippen LogP) is 0.0275. The molecule has 1 heterocycles. The van der Waals surface area contributed by atoms with Crippen LogP contribution in [0, 0.1) is 11.8 Å². The lowest BCUT2D eigenvalue weighted by Crippen LogP contribution is -2.47. The molecule has 0 aromatic heterocycles. The van der Waals surface area contributed by atoms with Gasteiger partial charge in [-0.2, -0.15) is 0 Å². The summed E-state index contributed by atoms with van der Waals surface area (Å²) in [6.07, 6.45) is 4.22. The third-order valence-corrected chi connectivity index (χ3v) is 5.62. The Balaban J connectivity index is 1.88. The molecular weight excluding hydrogens is 296 g/mol. The van der Waals surface area contributed by atoms with Crippen LogP contribution in [0.25, 0.3) is 0 Å². The van der Waals surface area contributed by atoms with Crippen LogP contribution in [-0.4, -0.2) is 55.1 Å². The van der Waals surface area contributed by atoms with Crippen molar-refractivity contribution in [1.82, 2.24) is 9.62 Å². The molecule has 2 aliphatic rings.